The topological polar surface area (TPSA) is 50.2 Å². The number of carboxylic acids is 1. The fourth-order valence-corrected chi connectivity index (χ4v) is 2.96. The number of nitrogens with zero attached hydrogens (tertiary/aromatic N) is 1. The van der Waals surface area contributed by atoms with E-state index in [0.29, 0.717) is 0 Å². The molecule has 0 bridgehead atoms. The highest BCUT2D eigenvalue weighted by Crippen LogP contribution is 2.48. The van der Waals surface area contributed by atoms with Gasteiger partial charge in [0.05, 0.1) is 10.9 Å². The quantitative estimate of drug-likeness (QED) is 0.792. The molecule has 1 aliphatic rings. The molecule has 0 amide bonds. The van der Waals surface area contributed by atoms with Crippen LogP contribution in [0.1, 0.15) is 18.4 Å². The van der Waals surface area contributed by atoms with Gasteiger partial charge >= 0.3 is 5.97 Å². The summed E-state index contributed by atoms with van der Waals surface area (Å²) in [6.07, 6.45) is 3.33. The maximum absolute atomic E-state index is 11.4. The minimum absolute atomic E-state index is 0.639. The van der Waals surface area contributed by atoms with Crippen molar-refractivity contribution in [1.82, 2.24) is 4.98 Å². The average molecular weight is 289 g/mol. The zero-order valence-electron chi connectivity index (χ0n) is 12.0. The Hall–Kier alpha value is -2.68. The highest BCUT2D eigenvalue weighted by atomic mass is 16.4. The Labute approximate surface area is 128 Å². The van der Waals surface area contributed by atoms with Gasteiger partial charge in [0.1, 0.15) is 0 Å². The van der Waals surface area contributed by atoms with Gasteiger partial charge in [-0.05, 0) is 36.1 Å². The number of carboxylic acid groups (broad SMARTS) is 1. The monoisotopic (exact) mass is 289 g/mol. The number of rotatable bonds is 3. The molecule has 1 aliphatic carbocycles. The van der Waals surface area contributed by atoms with Gasteiger partial charge in [0.15, 0.2) is 0 Å². The molecular weight excluding hydrogens is 274 g/mol. The van der Waals surface area contributed by atoms with Gasteiger partial charge in [0, 0.05) is 17.1 Å². The number of hydrogen-bond donors (Lipinski definition) is 1. The van der Waals surface area contributed by atoms with E-state index in [2.05, 4.69) is 11.1 Å². The van der Waals surface area contributed by atoms with Crippen LogP contribution in [0.2, 0.25) is 0 Å². The molecule has 0 atom stereocenters. The summed E-state index contributed by atoms with van der Waals surface area (Å²) >= 11 is 0. The van der Waals surface area contributed by atoms with E-state index < -0.39 is 11.4 Å². The first-order chi connectivity index (χ1) is 10.7. The van der Waals surface area contributed by atoms with Crippen LogP contribution in [0.4, 0.5) is 0 Å². The Morgan fingerprint density at radius 3 is 2.41 bits per heavy atom. The van der Waals surface area contributed by atoms with E-state index in [1.54, 1.807) is 0 Å². The van der Waals surface area contributed by atoms with Crippen molar-refractivity contribution in [3.05, 3.63) is 66.4 Å². The van der Waals surface area contributed by atoms with Gasteiger partial charge in [-0.25, -0.2) is 0 Å². The first-order valence-corrected chi connectivity index (χ1v) is 7.38. The number of hydrogen-bond acceptors (Lipinski definition) is 2. The number of aliphatic carboxylic acids is 1. The molecule has 3 heteroatoms. The van der Waals surface area contributed by atoms with Gasteiger partial charge in [0.2, 0.25) is 0 Å². The van der Waals surface area contributed by atoms with Crippen LogP contribution >= 0.6 is 0 Å². The van der Waals surface area contributed by atoms with Crippen LogP contribution in [0.5, 0.6) is 0 Å². The molecule has 1 fully saturated rings. The fourth-order valence-electron chi connectivity index (χ4n) is 2.96. The van der Waals surface area contributed by atoms with Crippen molar-refractivity contribution >= 4 is 16.9 Å². The van der Waals surface area contributed by atoms with Crippen LogP contribution in [0, 0.1) is 0 Å². The summed E-state index contributed by atoms with van der Waals surface area (Å²) in [5.74, 6) is -0.715. The SMILES string of the molecule is O=C(O)C1(c2ccc(-c3cnc4ccccc4c3)cc2)CC1. The van der Waals surface area contributed by atoms with Crippen molar-refractivity contribution in [3.63, 3.8) is 0 Å². The van der Waals surface area contributed by atoms with E-state index in [-0.39, 0.29) is 0 Å². The van der Waals surface area contributed by atoms with Crippen molar-refractivity contribution in [1.29, 1.82) is 0 Å². The summed E-state index contributed by atoms with van der Waals surface area (Å²) in [6, 6.07) is 18.0. The largest absolute Gasteiger partial charge is 0.481 e. The average Bonchev–Trinajstić information content (AvgIpc) is 3.36. The minimum atomic E-state index is -0.715. The van der Waals surface area contributed by atoms with Gasteiger partial charge in [-0.15, -0.1) is 0 Å². The van der Waals surface area contributed by atoms with Crippen LogP contribution in [0.3, 0.4) is 0 Å². The van der Waals surface area contributed by atoms with Crippen molar-refractivity contribution < 1.29 is 9.90 Å². The molecule has 0 saturated heterocycles. The number of carbonyl (C=O) groups is 1. The number of aromatic nitrogens is 1. The third-order valence-electron chi connectivity index (χ3n) is 4.52. The van der Waals surface area contributed by atoms with Crippen molar-refractivity contribution in [2.45, 2.75) is 18.3 Å². The van der Waals surface area contributed by atoms with Gasteiger partial charge in [-0.3, -0.25) is 9.78 Å². The highest BCUT2D eigenvalue weighted by Gasteiger charge is 2.51. The van der Waals surface area contributed by atoms with Gasteiger partial charge < -0.3 is 5.11 Å². The van der Waals surface area contributed by atoms with E-state index >= 15 is 0 Å². The van der Waals surface area contributed by atoms with Crippen molar-refractivity contribution in [3.8, 4) is 11.1 Å². The minimum Gasteiger partial charge on any atom is -0.481 e. The molecule has 1 heterocycles. The number of benzene rings is 2. The van der Waals surface area contributed by atoms with Gasteiger partial charge in [-0.2, -0.15) is 0 Å². The van der Waals surface area contributed by atoms with Gasteiger partial charge in [0.25, 0.3) is 0 Å². The molecule has 4 rings (SSSR count). The Morgan fingerprint density at radius 2 is 1.73 bits per heavy atom. The molecule has 0 aliphatic heterocycles. The summed E-state index contributed by atoms with van der Waals surface area (Å²) in [5, 5.41) is 10.5. The zero-order valence-corrected chi connectivity index (χ0v) is 12.0. The smallest absolute Gasteiger partial charge is 0.314 e. The van der Waals surface area contributed by atoms with Crippen molar-refractivity contribution in [2.24, 2.45) is 0 Å². The Kier molecular flexibility index (Phi) is 2.76. The second-order valence-electron chi connectivity index (χ2n) is 5.88. The number of pyridine rings is 1. The third-order valence-corrected chi connectivity index (χ3v) is 4.52. The molecule has 22 heavy (non-hydrogen) atoms. The molecule has 1 saturated carbocycles. The lowest BCUT2D eigenvalue weighted by atomic mass is 9.94. The van der Waals surface area contributed by atoms with E-state index in [1.165, 1.54) is 0 Å². The first kappa shape index (κ1) is 13.0. The van der Waals surface area contributed by atoms with E-state index in [4.69, 9.17) is 0 Å². The second-order valence-corrected chi connectivity index (χ2v) is 5.88. The van der Waals surface area contributed by atoms with Crippen LogP contribution in [-0.4, -0.2) is 16.1 Å². The highest BCUT2D eigenvalue weighted by molar-refractivity contribution is 5.86. The summed E-state index contributed by atoms with van der Waals surface area (Å²) in [7, 11) is 0. The fraction of sp³-hybridized carbons (Fsp3) is 0.158. The summed E-state index contributed by atoms with van der Waals surface area (Å²) in [6.45, 7) is 0. The van der Waals surface area contributed by atoms with Crippen LogP contribution in [-0.2, 0) is 10.2 Å². The molecule has 1 N–H and O–H groups in total. The summed E-state index contributed by atoms with van der Waals surface area (Å²) < 4.78 is 0. The zero-order chi connectivity index (χ0) is 15.2. The Morgan fingerprint density at radius 1 is 1.00 bits per heavy atom. The molecule has 108 valence electrons. The normalized spacial score (nSPS) is 15.6. The Bertz CT molecular complexity index is 864. The molecule has 1 aromatic heterocycles. The Balaban J connectivity index is 1.71. The second kappa shape index (κ2) is 4.67. The van der Waals surface area contributed by atoms with Crippen LogP contribution in [0.15, 0.2) is 60.8 Å². The van der Waals surface area contributed by atoms with Crippen molar-refractivity contribution in [2.75, 3.05) is 0 Å². The first-order valence-electron chi connectivity index (χ1n) is 7.38. The number of para-hydroxylation sites is 1. The predicted octanol–water partition coefficient (Wildman–Crippen LogP) is 4.02. The van der Waals surface area contributed by atoms with E-state index in [1.807, 2.05) is 54.7 Å². The molecular formula is C19H15NO2. The van der Waals surface area contributed by atoms with Gasteiger partial charge in [-0.1, -0.05) is 42.5 Å². The lowest BCUT2D eigenvalue weighted by Crippen LogP contribution is -2.19. The maximum atomic E-state index is 11.4. The standard InChI is InChI=1S/C19H15NO2/c21-18(22)19(9-10-19)16-7-5-13(6-8-16)15-11-14-3-1-2-4-17(14)20-12-15/h1-8,11-12H,9-10H2,(H,21,22). The van der Waals surface area contributed by atoms with Crippen LogP contribution < -0.4 is 0 Å². The molecule has 2 aromatic carbocycles. The van der Waals surface area contributed by atoms with Crippen LogP contribution in [0.25, 0.3) is 22.0 Å². The van der Waals surface area contributed by atoms with E-state index in [9.17, 15) is 9.90 Å². The molecule has 0 radical (unpaired) electrons. The number of fused-ring (bicyclic) bond motifs is 1. The molecule has 3 aromatic rings. The lowest BCUT2D eigenvalue weighted by Gasteiger charge is -2.11. The molecule has 0 spiro atoms. The molecule has 0 unspecified atom stereocenters. The lowest BCUT2D eigenvalue weighted by molar-refractivity contribution is -0.140. The van der Waals surface area contributed by atoms with E-state index in [0.717, 1.165) is 40.4 Å². The molecule has 3 nitrogen and oxygen atoms in total. The summed E-state index contributed by atoms with van der Waals surface area (Å²) in [5.41, 5.74) is 3.34. The maximum Gasteiger partial charge on any atom is 0.314 e. The predicted molar refractivity (Wildman–Crippen MR) is 85.7 cm³/mol. The third kappa shape index (κ3) is 1.98. The summed E-state index contributed by atoms with van der Waals surface area (Å²) in [4.78, 5) is 15.9.